The molecule has 2 N–H and O–H groups in total. The zero-order valence-electron chi connectivity index (χ0n) is 9.12. The predicted octanol–water partition coefficient (Wildman–Crippen LogP) is 0.163. The van der Waals surface area contributed by atoms with Gasteiger partial charge in [0.15, 0.2) is 11.5 Å². The molecule has 0 saturated heterocycles. The third-order valence-electron chi connectivity index (χ3n) is 2.35. The van der Waals surface area contributed by atoms with Crippen LogP contribution in [0.3, 0.4) is 0 Å². The van der Waals surface area contributed by atoms with Gasteiger partial charge >= 0.3 is 0 Å². The van der Waals surface area contributed by atoms with Gasteiger partial charge in [0.2, 0.25) is 5.95 Å². The number of nitrogens with one attached hydrogen (secondary N) is 2. The third-order valence-corrected chi connectivity index (χ3v) is 2.35. The van der Waals surface area contributed by atoms with Crippen LogP contribution < -0.4 is 5.32 Å². The first-order valence-corrected chi connectivity index (χ1v) is 5.11. The molecular weight excluding hydrogens is 220 g/mol. The quantitative estimate of drug-likeness (QED) is 0.665. The van der Waals surface area contributed by atoms with Gasteiger partial charge in [0, 0.05) is 6.20 Å². The van der Waals surface area contributed by atoms with Gasteiger partial charge in [0.25, 0.3) is 0 Å². The molecule has 3 aromatic rings. The summed E-state index contributed by atoms with van der Waals surface area (Å²) in [5.41, 5.74) is 1.91. The maximum atomic E-state index is 4.37. The van der Waals surface area contributed by atoms with Crippen LogP contribution in [0.4, 0.5) is 5.95 Å². The van der Waals surface area contributed by atoms with Crippen LogP contribution in [-0.2, 0) is 6.54 Å². The van der Waals surface area contributed by atoms with E-state index in [2.05, 4.69) is 36.0 Å². The van der Waals surface area contributed by atoms with E-state index in [0.717, 1.165) is 11.2 Å². The van der Waals surface area contributed by atoms with Crippen molar-refractivity contribution in [3.8, 4) is 0 Å². The van der Waals surface area contributed by atoms with Crippen LogP contribution in [0.15, 0.2) is 18.3 Å². The summed E-state index contributed by atoms with van der Waals surface area (Å²) in [6, 6.07) is 3.92. The highest BCUT2D eigenvalue weighted by Crippen LogP contribution is 2.09. The maximum absolute atomic E-state index is 4.37. The van der Waals surface area contributed by atoms with Crippen molar-refractivity contribution >= 4 is 11.6 Å². The van der Waals surface area contributed by atoms with Crippen molar-refractivity contribution in [3.05, 3.63) is 29.7 Å². The summed E-state index contributed by atoms with van der Waals surface area (Å²) < 4.78 is 1.73. The van der Waals surface area contributed by atoms with E-state index in [9.17, 15) is 0 Å². The summed E-state index contributed by atoms with van der Waals surface area (Å²) in [7, 11) is 0. The fourth-order valence-corrected chi connectivity index (χ4v) is 1.53. The van der Waals surface area contributed by atoms with E-state index >= 15 is 0 Å². The molecule has 0 aliphatic carbocycles. The number of anilines is 1. The highest BCUT2D eigenvalue weighted by Gasteiger charge is 2.05. The lowest BCUT2D eigenvalue weighted by atomic mass is 10.3. The minimum Gasteiger partial charge on any atom is -0.345 e. The standard InChI is InChI=1S/C9H10N8/c1-6-3-2-4-17-8(6)11-9(14-17)10-5-7-12-15-16-13-7/h2-4H,5H2,1H3,(H,10,14)(H,12,13,15,16). The number of rotatable bonds is 3. The van der Waals surface area contributed by atoms with Gasteiger partial charge in [-0.15, -0.1) is 15.3 Å². The molecule has 0 saturated carbocycles. The van der Waals surface area contributed by atoms with Crippen LogP contribution >= 0.6 is 0 Å². The summed E-state index contributed by atoms with van der Waals surface area (Å²) in [5, 5.41) is 20.8. The number of aromatic amines is 1. The summed E-state index contributed by atoms with van der Waals surface area (Å²) >= 11 is 0. The van der Waals surface area contributed by atoms with Crippen LogP contribution in [0, 0.1) is 6.92 Å². The molecule has 0 spiro atoms. The van der Waals surface area contributed by atoms with Crippen molar-refractivity contribution in [2.75, 3.05) is 5.32 Å². The van der Waals surface area contributed by atoms with Crippen LogP contribution in [0.1, 0.15) is 11.4 Å². The van der Waals surface area contributed by atoms with E-state index in [1.807, 2.05) is 25.3 Å². The van der Waals surface area contributed by atoms with Gasteiger partial charge in [-0.25, -0.2) is 4.52 Å². The Balaban J connectivity index is 1.84. The molecule has 0 aromatic carbocycles. The van der Waals surface area contributed by atoms with Gasteiger partial charge in [-0.05, 0) is 18.6 Å². The topological polar surface area (TPSA) is 96.7 Å². The SMILES string of the molecule is Cc1cccn2nc(NCc3nn[nH]n3)nc12. The monoisotopic (exact) mass is 230 g/mol. The Morgan fingerprint density at radius 3 is 3.18 bits per heavy atom. The molecule has 8 heteroatoms. The molecule has 0 atom stereocenters. The normalized spacial score (nSPS) is 10.9. The molecule has 0 aliphatic rings. The van der Waals surface area contributed by atoms with Crippen molar-refractivity contribution in [1.29, 1.82) is 0 Å². The van der Waals surface area contributed by atoms with Crippen molar-refractivity contribution in [2.24, 2.45) is 0 Å². The average molecular weight is 230 g/mol. The fourth-order valence-electron chi connectivity index (χ4n) is 1.53. The molecule has 0 bridgehead atoms. The van der Waals surface area contributed by atoms with Gasteiger partial charge in [0.05, 0.1) is 6.54 Å². The number of fused-ring (bicyclic) bond motifs is 1. The van der Waals surface area contributed by atoms with Gasteiger partial charge < -0.3 is 5.32 Å². The summed E-state index contributed by atoms with van der Waals surface area (Å²) in [6.45, 7) is 2.43. The Morgan fingerprint density at radius 1 is 1.47 bits per heavy atom. The first-order chi connectivity index (χ1) is 8.33. The van der Waals surface area contributed by atoms with Gasteiger partial charge in [-0.2, -0.15) is 10.2 Å². The Kier molecular flexibility index (Phi) is 2.18. The number of hydrogen-bond acceptors (Lipinski definition) is 6. The van der Waals surface area contributed by atoms with Crippen molar-refractivity contribution < 1.29 is 0 Å². The molecule has 3 heterocycles. The van der Waals surface area contributed by atoms with Crippen LogP contribution in [0.25, 0.3) is 5.65 Å². The second kappa shape index (κ2) is 3.81. The smallest absolute Gasteiger partial charge is 0.243 e. The van der Waals surface area contributed by atoms with Gasteiger partial charge in [0.1, 0.15) is 0 Å². The zero-order chi connectivity index (χ0) is 11.7. The largest absolute Gasteiger partial charge is 0.345 e. The van der Waals surface area contributed by atoms with Crippen molar-refractivity contribution in [1.82, 2.24) is 35.2 Å². The number of pyridine rings is 1. The van der Waals surface area contributed by atoms with E-state index in [1.54, 1.807) is 4.52 Å². The molecule has 0 unspecified atom stereocenters. The Bertz CT molecular complexity index is 626. The number of aryl methyl sites for hydroxylation is 1. The highest BCUT2D eigenvalue weighted by molar-refractivity contribution is 5.49. The number of aromatic nitrogens is 7. The van der Waals surface area contributed by atoms with Crippen molar-refractivity contribution in [3.63, 3.8) is 0 Å². The van der Waals surface area contributed by atoms with Crippen molar-refractivity contribution in [2.45, 2.75) is 13.5 Å². The molecule has 8 nitrogen and oxygen atoms in total. The van der Waals surface area contributed by atoms with Crippen LogP contribution in [-0.4, -0.2) is 35.2 Å². The van der Waals surface area contributed by atoms with Gasteiger partial charge in [-0.3, -0.25) is 0 Å². The number of nitrogens with zero attached hydrogens (tertiary/aromatic N) is 6. The zero-order valence-corrected chi connectivity index (χ0v) is 9.12. The van der Waals surface area contributed by atoms with Crippen LogP contribution in [0.5, 0.6) is 0 Å². The molecule has 0 aliphatic heterocycles. The van der Waals surface area contributed by atoms with Gasteiger partial charge in [-0.1, -0.05) is 11.3 Å². The number of tetrazole rings is 1. The lowest BCUT2D eigenvalue weighted by Crippen LogP contribution is -2.03. The Morgan fingerprint density at radius 2 is 2.41 bits per heavy atom. The molecule has 3 rings (SSSR count). The molecule has 0 radical (unpaired) electrons. The molecule has 0 amide bonds. The number of H-pyrrole nitrogens is 1. The first kappa shape index (κ1) is 9.70. The molecule has 17 heavy (non-hydrogen) atoms. The second-order valence-corrected chi connectivity index (χ2v) is 3.58. The number of hydrogen-bond donors (Lipinski definition) is 2. The second-order valence-electron chi connectivity index (χ2n) is 3.58. The van der Waals surface area contributed by atoms with E-state index < -0.39 is 0 Å². The summed E-state index contributed by atoms with van der Waals surface area (Å²) in [6.07, 6.45) is 1.86. The summed E-state index contributed by atoms with van der Waals surface area (Å²) in [4.78, 5) is 4.37. The molecular formula is C9H10N8. The van der Waals surface area contributed by atoms with E-state index in [4.69, 9.17) is 0 Å². The minimum absolute atomic E-state index is 0.437. The molecule has 0 fully saturated rings. The molecule has 86 valence electrons. The lowest BCUT2D eigenvalue weighted by molar-refractivity contribution is 0.881. The fraction of sp³-hybridized carbons (Fsp3) is 0.222. The van der Waals surface area contributed by atoms with Crippen LogP contribution in [0.2, 0.25) is 0 Å². The third kappa shape index (κ3) is 1.80. The first-order valence-electron chi connectivity index (χ1n) is 5.11. The summed E-state index contributed by atoms with van der Waals surface area (Å²) in [5.74, 6) is 1.12. The lowest BCUT2D eigenvalue weighted by Gasteiger charge is -1.94. The average Bonchev–Trinajstić information content (AvgIpc) is 2.95. The Labute approximate surface area is 96.1 Å². The minimum atomic E-state index is 0.437. The van der Waals surface area contributed by atoms with E-state index in [-0.39, 0.29) is 0 Å². The van der Waals surface area contributed by atoms with E-state index in [0.29, 0.717) is 18.3 Å². The van der Waals surface area contributed by atoms with E-state index in [1.165, 1.54) is 0 Å². The Hall–Kier alpha value is -2.51. The highest BCUT2D eigenvalue weighted by atomic mass is 15.5. The maximum Gasteiger partial charge on any atom is 0.243 e. The predicted molar refractivity (Wildman–Crippen MR) is 59.2 cm³/mol. The molecule has 3 aromatic heterocycles.